The van der Waals surface area contributed by atoms with Gasteiger partial charge in [0.15, 0.2) is 5.82 Å². The van der Waals surface area contributed by atoms with Crippen molar-refractivity contribution in [1.82, 2.24) is 24.8 Å². The van der Waals surface area contributed by atoms with Crippen LogP contribution in [-0.4, -0.2) is 43.8 Å². The Labute approximate surface area is 135 Å². The van der Waals surface area contributed by atoms with Crippen LogP contribution in [0.25, 0.3) is 0 Å². The van der Waals surface area contributed by atoms with Crippen molar-refractivity contribution in [3.05, 3.63) is 29.7 Å². The van der Waals surface area contributed by atoms with Gasteiger partial charge in [0.1, 0.15) is 0 Å². The third kappa shape index (κ3) is 3.60. The fourth-order valence-electron chi connectivity index (χ4n) is 2.92. The molecule has 3 rings (SSSR count). The number of carbonyl (C=O) groups excluding carboxylic acids is 1. The fourth-order valence-corrected chi connectivity index (χ4v) is 2.92. The second-order valence-corrected chi connectivity index (χ2v) is 6.41. The summed E-state index contributed by atoms with van der Waals surface area (Å²) in [5.74, 6) is 1.56. The van der Waals surface area contributed by atoms with Crippen LogP contribution in [0.1, 0.15) is 56.1 Å². The van der Waals surface area contributed by atoms with Gasteiger partial charge in [0.25, 0.3) is 0 Å². The van der Waals surface area contributed by atoms with Crippen LogP contribution in [0.15, 0.2) is 16.8 Å². The number of aromatic nitrogens is 4. The Bertz CT molecular complexity index is 676. The first-order valence-corrected chi connectivity index (χ1v) is 8.15. The molecule has 2 aromatic heterocycles. The van der Waals surface area contributed by atoms with Crippen molar-refractivity contribution in [3.8, 4) is 0 Å². The number of likely N-dealkylation sites (tertiary alicyclic amines) is 1. The molecule has 0 spiro atoms. The van der Waals surface area contributed by atoms with E-state index in [0.717, 1.165) is 25.1 Å². The van der Waals surface area contributed by atoms with Crippen LogP contribution in [0, 0.1) is 6.92 Å². The molecule has 1 amide bonds. The molecule has 7 nitrogen and oxygen atoms in total. The van der Waals surface area contributed by atoms with Gasteiger partial charge in [-0.2, -0.15) is 10.1 Å². The number of amides is 1. The van der Waals surface area contributed by atoms with Gasteiger partial charge in [0, 0.05) is 38.2 Å². The van der Waals surface area contributed by atoms with Gasteiger partial charge < -0.3 is 9.42 Å². The lowest BCUT2D eigenvalue weighted by molar-refractivity contribution is -0.131. The maximum Gasteiger partial charge on any atom is 0.228 e. The van der Waals surface area contributed by atoms with E-state index in [-0.39, 0.29) is 11.8 Å². The molecule has 0 aliphatic carbocycles. The normalized spacial score (nSPS) is 18.6. The summed E-state index contributed by atoms with van der Waals surface area (Å²) < 4.78 is 6.94. The van der Waals surface area contributed by atoms with Crippen LogP contribution >= 0.6 is 0 Å². The minimum absolute atomic E-state index is 0.115. The summed E-state index contributed by atoms with van der Waals surface area (Å²) in [5, 5.41) is 8.45. The summed E-state index contributed by atoms with van der Waals surface area (Å²) in [6, 6.07) is 2.22. The van der Waals surface area contributed by atoms with E-state index in [0.29, 0.717) is 30.7 Å². The van der Waals surface area contributed by atoms with Gasteiger partial charge in [-0.25, -0.2) is 0 Å². The second-order valence-electron chi connectivity index (χ2n) is 6.41. The van der Waals surface area contributed by atoms with Crippen molar-refractivity contribution in [2.75, 3.05) is 13.1 Å². The van der Waals surface area contributed by atoms with Crippen LogP contribution in [-0.2, 0) is 11.2 Å². The van der Waals surface area contributed by atoms with E-state index in [1.54, 1.807) is 6.92 Å². The van der Waals surface area contributed by atoms with E-state index < -0.39 is 0 Å². The molecule has 0 aromatic carbocycles. The number of rotatable bonds is 4. The molecule has 0 saturated carbocycles. The van der Waals surface area contributed by atoms with E-state index in [1.807, 2.05) is 21.8 Å². The Hall–Kier alpha value is -2.18. The Morgan fingerprint density at radius 1 is 1.48 bits per heavy atom. The van der Waals surface area contributed by atoms with Gasteiger partial charge in [-0.3, -0.25) is 9.48 Å². The molecular weight excluding hydrogens is 294 g/mol. The van der Waals surface area contributed by atoms with E-state index >= 15 is 0 Å². The maximum atomic E-state index is 12.5. The molecule has 1 fully saturated rings. The first-order valence-electron chi connectivity index (χ1n) is 8.15. The Morgan fingerprint density at radius 2 is 2.30 bits per heavy atom. The summed E-state index contributed by atoms with van der Waals surface area (Å²) >= 11 is 0. The molecule has 1 aliphatic heterocycles. The molecule has 7 heteroatoms. The maximum absolute atomic E-state index is 12.5. The Morgan fingerprint density at radius 3 is 2.96 bits per heavy atom. The molecule has 1 saturated heterocycles. The standard InChI is InChI=1S/C16H23N5O2/c1-11(2)21-8-6-14(18-21)9-15(22)20-7-4-5-13(10-20)16-17-12(3)23-19-16/h6,8,11,13H,4-5,7,9-10H2,1-3H3/t13-/m0/s1. The van der Waals surface area contributed by atoms with Crippen molar-refractivity contribution in [3.63, 3.8) is 0 Å². The highest BCUT2D eigenvalue weighted by Crippen LogP contribution is 2.25. The molecular formula is C16H23N5O2. The molecule has 3 heterocycles. The lowest BCUT2D eigenvalue weighted by atomic mass is 9.97. The molecule has 1 atom stereocenters. The number of nitrogens with zero attached hydrogens (tertiary/aromatic N) is 5. The summed E-state index contributed by atoms with van der Waals surface area (Å²) in [6.07, 6.45) is 4.22. The number of hydrogen-bond donors (Lipinski definition) is 0. The van der Waals surface area contributed by atoms with Gasteiger partial charge in [0.2, 0.25) is 11.8 Å². The van der Waals surface area contributed by atoms with Gasteiger partial charge in [-0.1, -0.05) is 5.16 Å². The largest absolute Gasteiger partial charge is 0.342 e. The number of hydrogen-bond acceptors (Lipinski definition) is 5. The van der Waals surface area contributed by atoms with Crippen LogP contribution in [0.5, 0.6) is 0 Å². The molecule has 0 bridgehead atoms. The second kappa shape index (κ2) is 6.52. The van der Waals surface area contributed by atoms with Crippen molar-refractivity contribution in [2.45, 2.75) is 52.0 Å². The van der Waals surface area contributed by atoms with Crippen molar-refractivity contribution in [2.24, 2.45) is 0 Å². The monoisotopic (exact) mass is 317 g/mol. The lowest BCUT2D eigenvalue weighted by Crippen LogP contribution is -2.40. The molecule has 1 aliphatic rings. The quantitative estimate of drug-likeness (QED) is 0.863. The third-order valence-electron chi connectivity index (χ3n) is 4.21. The van der Waals surface area contributed by atoms with Crippen molar-refractivity contribution >= 4 is 5.91 Å². The molecule has 0 N–H and O–H groups in total. The zero-order valence-electron chi connectivity index (χ0n) is 13.9. The highest BCUT2D eigenvalue weighted by Gasteiger charge is 2.28. The van der Waals surface area contributed by atoms with Crippen LogP contribution < -0.4 is 0 Å². The van der Waals surface area contributed by atoms with E-state index in [9.17, 15) is 4.79 Å². The van der Waals surface area contributed by atoms with Crippen LogP contribution in [0.4, 0.5) is 0 Å². The van der Waals surface area contributed by atoms with Gasteiger partial charge >= 0.3 is 0 Å². The van der Waals surface area contributed by atoms with E-state index in [2.05, 4.69) is 29.1 Å². The zero-order valence-corrected chi connectivity index (χ0v) is 13.9. The molecule has 2 aromatic rings. The molecule has 0 unspecified atom stereocenters. The predicted octanol–water partition coefficient (Wildman–Crippen LogP) is 2.10. The zero-order chi connectivity index (χ0) is 16.4. The lowest BCUT2D eigenvalue weighted by Gasteiger charge is -2.31. The summed E-state index contributed by atoms with van der Waals surface area (Å²) in [4.78, 5) is 18.7. The van der Waals surface area contributed by atoms with Crippen LogP contribution in [0.3, 0.4) is 0 Å². The average Bonchev–Trinajstić information content (AvgIpc) is 3.16. The highest BCUT2D eigenvalue weighted by molar-refractivity contribution is 5.78. The van der Waals surface area contributed by atoms with Crippen molar-refractivity contribution in [1.29, 1.82) is 0 Å². The Kier molecular flexibility index (Phi) is 4.45. The summed E-state index contributed by atoms with van der Waals surface area (Å²) in [5.41, 5.74) is 0.821. The van der Waals surface area contributed by atoms with Crippen molar-refractivity contribution < 1.29 is 9.32 Å². The van der Waals surface area contributed by atoms with Crippen LogP contribution in [0.2, 0.25) is 0 Å². The fraction of sp³-hybridized carbons (Fsp3) is 0.625. The summed E-state index contributed by atoms with van der Waals surface area (Å²) in [7, 11) is 0. The molecule has 23 heavy (non-hydrogen) atoms. The summed E-state index contributed by atoms with van der Waals surface area (Å²) in [6.45, 7) is 7.37. The highest BCUT2D eigenvalue weighted by atomic mass is 16.5. The topological polar surface area (TPSA) is 77.1 Å². The average molecular weight is 317 g/mol. The first kappa shape index (κ1) is 15.7. The van der Waals surface area contributed by atoms with Gasteiger partial charge in [-0.05, 0) is 32.8 Å². The van der Waals surface area contributed by atoms with Gasteiger partial charge in [-0.15, -0.1) is 0 Å². The molecule has 124 valence electrons. The first-order chi connectivity index (χ1) is 11.0. The Balaban J connectivity index is 1.62. The number of piperidine rings is 1. The number of aryl methyl sites for hydroxylation is 1. The minimum atomic E-state index is 0.115. The van der Waals surface area contributed by atoms with Gasteiger partial charge in [0.05, 0.1) is 12.1 Å². The molecule has 0 radical (unpaired) electrons. The smallest absolute Gasteiger partial charge is 0.228 e. The van der Waals surface area contributed by atoms with E-state index in [1.165, 1.54) is 0 Å². The predicted molar refractivity (Wildman–Crippen MR) is 83.9 cm³/mol. The number of carbonyl (C=O) groups is 1. The third-order valence-corrected chi connectivity index (χ3v) is 4.21. The minimum Gasteiger partial charge on any atom is -0.342 e. The SMILES string of the molecule is Cc1nc([C@H]2CCCN(C(=O)Cc3ccn(C(C)C)n3)C2)no1. The van der Waals surface area contributed by atoms with E-state index in [4.69, 9.17) is 4.52 Å².